The lowest BCUT2D eigenvalue weighted by Crippen LogP contribution is -2.46. The predicted molar refractivity (Wildman–Crippen MR) is 155 cm³/mol. The van der Waals surface area contributed by atoms with E-state index < -0.39 is 35.1 Å². The molecule has 0 spiro atoms. The minimum absolute atomic E-state index is 0.0522. The topological polar surface area (TPSA) is 91.1 Å². The van der Waals surface area contributed by atoms with Crippen LogP contribution in [-0.2, 0) is 10.9 Å². The summed E-state index contributed by atoms with van der Waals surface area (Å²) in [4.78, 5) is 23.1. The Hall–Kier alpha value is -4.79. The van der Waals surface area contributed by atoms with Gasteiger partial charge in [0.1, 0.15) is 28.8 Å². The van der Waals surface area contributed by atoms with Crippen molar-refractivity contribution in [3.05, 3.63) is 77.4 Å². The van der Waals surface area contributed by atoms with Crippen LogP contribution in [0.1, 0.15) is 44.7 Å². The van der Waals surface area contributed by atoms with Gasteiger partial charge in [-0.15, -0.1) is 0 Å². The fraction of sp³-hybridized carbons (Fsp3) is 0.312. The molecule has 1 aliphatic heterocycles. The van der Waals surface area contributed by atoms with Gasteiger partial charge in [0.25, 0.3) is 0 Å². The summed E-state index contributed by atoms with van der Waals surface area (Å²) in [6.07, 6.45) is -4.20. The highest BCUT2D eigenvalue weighted by Gasteiger charge is 2.34. The van der Waals surface area contributed by atoms with Gasteiger partial charge in [0, 0.05) is 30.1 Å². The van der Waals surface area contributed by atoms with Gasteiger partial charge in [0.2, 0.25) is 5.95 Å². The van der Waals surface area contributed by atoms with E-state index in [0.717, 1.165) is 18.2 Å². The number of aromatic nitrogens is 2. The van der Waals surface area contributed by atoms with Crippen LogP contribution >= 0.6 is 0 Å². The number of benzene rings is 3. The Labute approximate surface area is 250 Å². The van der Waals surface area contributed by atoms with E-state index in [1.165, 1.54) is 36.4 Å². The second-order valence-electron chi connectivity index (χ2n) is 11.5. The molecular weight excluding hydrogens is 581 g/mol. The first-order chi connectivity index (χ1) is 20.7. The Morgan fingerprint density at radius 1 is 0.977 bits per heavy atom. The average Bonchev–Trinajstić information content (AvgIpc) is 2.95. The normalized spacial score (nSPS) is 14.4. The molecule has 4 aromatic rings. The van der Waals surface area contributed by atoms with E-state index >= 15 is 4.39 Å². The summed E-state index contributed by atoms with van der Waals surface area (Å²) in [6, 6.07) is 12.5. The second-order valence-corrected chi connectivity index (χ2v) is 11.5. The number of nitrogens with zero attached hydrogens (tertiary/aromatic N) is 4. The molecule has 228 valence electrons. The lowest BCUT2D eigenvalue weighted by molar-refractivity contribution is -0.137. The first kappa shape index (κ1) is 30.7. The number of nitrogens with one attached hydrogen (secondary N) is 1. The van der Waals surface area contributed by atoms with Crippen LogP contribution in [0.25, 0.3) is 33.3 Å². The molecule has 0 atom stereocenters. The van der Waals surface area contributed by atoms with Gasteiger partial charge in [-0.2, -0.15) is 18.4 Å². The van der Waals surface area contributed by atoms with Gasteiger partial charge < -0.3 is 15.0 Å². The minimum Gasteiger partial charge on any atom is -0.444 e. The SMILES string of the molecule is CC(C)(C)OC(=O)NC1CCN(c2nc(-c3ccc(C#N)c(F)c3)c3cc(-c4ccccc4C(F)(F)F)cc(F)c3n2)CC1. The van der Waals surface area contributed by atoms with Crippen molar-refractivity contribution in [2.45, 2.75) is 51.4 Å². The number of anilines is 1. The molecule has 0 aliphatic carbocycles. The molecule has 1 N–H and O–H groups in total. The molecule has 2 heterocycles. The Morgan fingerprint density at radius 3 is 2.30 bits per heavy atom. The Balaban J connectivity index is 1.57. The summed E-state index contributed by atoms with van der Waals surface area (Å²) in [5, 5.41) is 12.1. The van der Waals surface area contributed by atoms with Crippen LogP contribution in [-0.4, -0.2) is 40.8 Å². The second kappa shape index (κ2) is 11.7. The summed E-state index contributed by atoms with van der Waals surface area (Å²) in [5.41, 5.74) is -1.96. The van der Waals surface area contributed by atoms with E-state index in [9.17, 15) is 27.6 Å². The number of halogens is 5. The predicted octanol–water partition coefficient (Wildman–Crippen LogP) is 7.63. The summed E-state index contributed by atoms with van der Waals surface area (Å²) in [5.74, 6) is -1.57. The molecular formula is C32H28F5N5O2. The highest BCUT2D eigenvalue weighted by molar-refractivity contribution is 5.96. The summed E-state index contributed by atoms with van der Waals surface area (Å²) >= 11 is 0. The van der Waals surface area contributed by atoms with E-state index in [1.54, 1.807) is 31.7 Å². The number of alkyl halides is 3. The van der Waals surface area contributed by atoms with Crippen LogP contribution in [0.3, 0.4) is 0 Å². The third-order valence-corrected chi connectivity index (χ3v) is 7.15. The number of hydrogen-bond acceptors (Lipinski definition) is 6. The molecule has 3 aromatic carbocycles. The lowest BCUT2D eigenvalue weighted by atomic mass is 9.96. The number of alkyl carbamates (subject to hydrolysis) is 1. The highest BCUT2D eigenvalue weighted by Crippen LogP contribution is 2.40. The van der Waals surface area contributed by atoms with Crippen molar-refractivity contribution in [3.8, 4) is 28.5 Å². The molecule has 0 bridgehead atoms. The fourth-order valence-electron chi connectivity index (χ4n) is 5.13. The molecule has 7 nitrogen and oxygen atoms in total. The molecule has 1 amide bonds. The van der Waals surface area contributed by atoms with Crippen LogP contribution in [0.2, 0.25) is 0 Å². The third-order valence-electron chi connectivity index (χ3n) is 7.15. The number of fused-ring (bicyclic) bond motifs is 1. The van der Waals surface area contributed by atoms with E-state index in [0.29, 0.717) is 25.9 Å². The lowest BCUT2D eigenvalue weighted by Gasteiger charge is -2.33. The summed E-state index contributed by atoms with van der Waals surface area (Å²) in [7, 11) is 0. The van der Waals surface area contributed by atoms with Crippen LogP contribution in [0.4, 0.5) is 32.7 Å². The van der Waals surface area contributed by atoms with Gasteiger partial charge in [-0.3, -0.25) is 0 Å². The van der Waals surface area contributed by atoms with Gasteiger partial charge in [0.05, 0.1) is 16.8 Å². The van der Waals surface area contributed by atoms with Crippen molar-refractivity contribution >= 4 is 22.9 Å². The molecule has 0 unspecified atom stereocenters. The van der Waals surface area contributed by atoms with Gasteiger partial charge in [0.15, 0.2) is 0 Å². The maximum Gasteiger partial charge on any atom is 0.417 e. The first-order valence-corrected chi connectivity index (χ1v) is 13.9. The molecule has 1 aliphatic rings. The Bertz CT molecular complexity index is 1770. The average molecular weight is 610 g/mol. The number of carbonyl (C=O) groups excluding carboxylic acids is 1. The Morgan fingerprint density at radius 2 is 1.66 bits per heavy atom. The first-order valence-electron chi connectivity index (χ1n) is 13.9. The zero-order chi connectivity index (χ0) is 31.8. The smallest absolute Gasteiger partial charge is 0.417 e. The summed E-state index contributed by atoms with van der Waals surface area (Å²) in [6.45, 7) is 6.08. The Kier molecular flexibility index (Phi) is 8.16. The molecule has 1 saturated heterocycles. The highest BCUT2D eigenvalue weighted by atomic mass is 19.4. The van der Waals surface area contributed by atoms with Crippen LogP contribution in [0.15, 0.2) is 54.6 Å². The number of piperidine rings is 1. The zero-order valence-electron chi connectivity index (χ0n) is 24.1. The molecule has 44 heavy (non-hydrogen) atoms. The quantitative estimate of drug-likeness (QED) is 0.239. The number of amides is 1. The standard InChI is InChI=1S/C32H28F5N5O2/c1-31(2,3)44-30(43)39-21-10-12-42(13-11-21)29-40-27(18-8-9-19(17-38)25(33)15-18)23-14-20(16-26(34)28(23)41-29)22-6-4-5-7-24(22)32(35,36)37/h4-9,14-16,21H,10-13H2,1-3H3,(H,39,43). The van der Waals surface area contributed by atoms with Crippen LogP contribution < -0.4 is 10.2 Å². The van der Waals surface area contributed by atoms with Crippen LogP contribution in [0.5, 0.6) is 0 Å². The fourth-order valence-corrected chi connectivity index (χ4v) is 5.13. The molecule has 12 heteroatoms. The van der Waals surface area contributed by atoms with Gasteiger partial charge in [-0.1, -0.05) is 24.3 Å². The molecule has 0 radical (unpaired) electrons. The van der Waals surface area contributed by atoms with Crippen molar-refractivity contribution in [3.63, 3.8) is 0 Å². The number of nitriles is 1. The number of rotatable bonds is 4. The zero-order valence-corrected chi connectivity index (χ0v) is 24.1. The van der Waals surface area contributed by atoms with Crippen molar-refractivity contribution < 1.29 is 31.5 Å². The number of ether oxygens (including phenoxy) is 1. The maximum absolute atomic E-state index is 15.8. The van der Waals surface area contributed by atoms with E-state index in [2.05, 4.69) is 15.3 Å². The van der Waals surface area contributed by atoms with Crippen LogP contribution in [0, 0.1) is 23.0 Å². The number of carbonyl (C=O) groups is 1. The largest absolute Gasteiger partial charge is 0.444 e. The molecule has 1 fully saturated rings. The van der Waals surface area contributed by atoms with Gasteiger partial charge in [-0.25, -0.2) is 23.5 Å². The molecule has 1 aromatic heterocycles. The number of hydrogen-bond donors (Lipinski definition) is 1. The van der Waals surface area contributed by atoms with Crippen molar-refractivity contribution in [1.29, 1.82) is 5.26 Å². The minimum atomic E-state index is -4.69. The van der Waals surface area contributed by atoms with Gasteiger partial charge >= 0.3 is 12.3 Å². The van der Waals surface area contributed by atoms with Crippen molar-refractivity contribution in [2.24, 2.45) is 0 Å². The van der Waals surface area contributed by atoms with Gasteiger partial charge in [-0.05, 0) is 75.1 Å². The summed E-state index contributed by atoms with van der Waals surface area (Å²) < 4.78 is 77.3. The van der Waals surface area contributed by atoms with E-state index in [1.807, 2.05) is 0 Å². The maximum atomic E-state index is 15.8. The van der Waals surface area contributed by atoms with E-state index in [-0.39, 0.29) is 50.8 Å². The molecule has 5 rings (SSSR count). The monoisotopic (exact) mass is 609 g/mol. The third kappa shape index (κ3) is 6.56. The van der Waals surface area contributed by atoms with E-state index in [4.69, 9.17) is 4.74 Å². The van der Waals surface area contributed by atoms with Crippen molar-refractivity contribution in [1.82, 2.24) is 15.3 Å². The van der Waals surface area contributed by atoms with Crippen molar-refractivity contribution in [2.75, 3.05) is 18.0 Å². The molecule has 0 saturated carbocycles.